The Labute approximate surface area is 228 Å². The van der Waals surface area contributed by atoms with Crippen LogP contribution in [0.2, 0.25) is 0 Å². The van der Waals surface area contributed by atoms with Crippen LogP contribution in [0.25, 0.3) is 22.4 Å². The zero-order chi connectivity index (χ0) is 25.9. The molecule has 2 bridgehead atoms. The predicted octanol–water partition coefficient (Wildman–Crippen LogP) is 5.75. The Hall–Kier alpha value is -3.54. The molecule has 5 heteroatoms. The Morgan fingerprint density at radius 1 is 0.949 bits per heavy atom. The second-order valence-electron chi connectivity index (χ2n) is 12.4. The van der Waals surface area contributed by atoms with Gasteiger partial charge in [-0.3, -0.25) is 4.90 Å². The second kappa shape index (κ2) is 7.56. The SMILES string of the molecule is Oc1ccc2c3c1O[C@H]1c4[nH]c(-c5ccccc5)c(-c5ccccc5)c4C[C@@]4(O)[C@H](C2)N(CC2CC2)CC[C@]314. The molecule has 3 heterocycles. The molecule has 39 heavy (non-hydrogen) atoms. The van der Waals surface area contributed by atoms with Crippen LogP contribution in [-0.2, 0) is 18.3 Å². The third-order valence-electron chi connectivity index (χ3n) is 10.5. The molecule has 4 atom stereocenters. The van der Waals surface area contributed by atoms with Crippen molar-refractivity contribution >= 4 is 0 Å². The number of fused-ring (bicyclic) bond motifs is 2. The standard InChI is InChI=1S/C34H32N2O3/c37-25-14-13-23-17-26-34(38)18-24-27(21-7-3-1-4-8-21)29(22-9-5-2-6-10-22)35-30(24)32-33(34,28(23)31(25)39-32)15-16-36(26)19-20-11-12-20/h1-10,13-14,20,26,32,35,37-38H,11-12,15-19H2/t26-,32-,33-,34+/m0/s1. The number of ether oxygens (including phenoxy) is 1. The van der Waals surface area contributed by atoms with E-state index in [1.54, 1.807) is 6.07 Å². The maximum atomic E-state index is 13.2. The molecule has 5 nitrogen and oxygen atoms in total. The zero-order valence-electron chi connectivity index (χ0n) is 21.9. The van der Waals surface area contributed by atoms with Crippen molar-refractivity contribution in [3.05, 3.63) is 95.2 Å². The summed E-state index contributed by atoms with van der Waals surface area (Å²) < 4.78 is 6.81. The van der Waals surface area contributed by atoms with E-state index in [4.69, 9.17) is 4.74 Å². The summed E-state index contributed by atoms with van der Waals surface area (Å²) in [7, 11) is 0. The minimum atomic E-state index is -0.996. The van der Waals surface area contributed by atoms with Crippen molar-refractivity contribution in [1.29, 1.82) is 0 Å². The molecule has 1 saturated heterocycles. The maximum Gasteiger partial charge on any atom is 0.166 e. The molecule has 1 spiro atoms. The summed E-state index contributed by atoms with van der Waals surface area (Å²) in [5.41, 5.74) is 7.39. The Morgan fingerprint density at radius 2 is 1.69 bits per heavy atom. The number of benzene rings is 3. The molecule has 3 aliphatic carbocycles. The Balaban J connectivity index is 1.32. The topological polar surface area (TPSA) is 68.7 Å². The number of hydrogen-bond acceptors (Lipinski definition) is 4. The summed E-state index contributed by atoms with van der Waals surface area (Å²) in [6, 6.07) is 24.9. The van der Waals surface area contributed by atoms with Crippen LogP contribution in [0.5, 0.6) is 11.5 Å². The number of likely N-dealkylation sites (tertiary alicyclic amines) is 1. The minimum Gasteiger partial charge on any atom is -0.504 e. The summed E-state index contributed by atoms with van der Waals surface area (Å²) in [5.74, 6) is 1.51. The highest BCUT2D eigenvalue weighted by molar-refractivity contribution is 5.86. The summed E-state index contributed by atoms with van der Waals surface area (Å²) in [6.45, 7) is 2.01. The number of rotatable bonds is 4. The van der Waals surface area contributed by atoms with Crippen LogP contribution < -0.4 is 4.74 Å². The maximum absolute atomic E-state index is 13.2. The minimum absolute atomic E-state index is 0.0211. The van der Waals surface area contributed by atoms with Gasteiger partial charge in [-0.05, 0) is 66.5 Å². The van der Waals surface area contributed by atoms with Crippen LogP contribution >= 0.6 is 0 Å². The molecule has 5 aliphatic rings. The van der Waals surface area contributed by atoms with E-state index in [0.29, 0.717) is 12.2 Å². The Kier molecular flexibility index (Phi) is 4.32. The predicted molar refractivity (Wildman–Crippen MR) is 150 cm³/mol. The lowest BCUT2D eigenvalue weighted by Crippen LogP contribution is -2.74. The van der Waals surface area contributed by atoms with Crippen molar-refractivity contribution < 1.29 is 14.9 Å². The first-order valence-corrected chi connectivity index (χ1v) is 14.4. The lowest BCUT2D eigenvalue weighted by molar-refractivity contribution is -0.173. The van der Waals surface area contributed by atoms with Gasteiger partial charge in [0.2, 0.25) is 0 Å². The van der Waals surface area contributed by atoms with Gasteiger partial charge in [-0.15, -0.1) is 0 Å². The fourth-order valence-corrected chi connectivity index (χ4v) is 8.65. The number of phenols is 1. The average molecular weight is 517 g/mol. The summed E-state index contributed by atoms with van der Waals surface area (Å²) in [5, 5.41) is 24.2. The summed E-state index contributed by atoms with van der Waals surface area (Å²) >= 11 is 0. The normalized spacial score (nSPS) is 30.0. The highest BCUT2D eigenvalue weighted by Crippen LogP contribution is 2.69. The number of nitrogens with zero attached hydrogens (tertiary/aromatic N) is 1. The van der Waals surface area contributed by atoms with E-state index in [2.05, 4.69) is 70.5 Å². The number of piperidine rings is 1. The van der Waals surface area contributed by atoms with Gasteiger partial charge in [0.1, 0.15) is 0 Å². The van der Waals surface area contributed by atoms with E-state index in [1.807, 2.05) is 6.07 Å². The van der Waals surface area contributed by atoms with Gasteiger partial charge in [-0.2, -0.15) is 0 Å². The highest BCUT2D eigenvalue weighted by Gasteiger charge is 2.73. The van der Waals surface area contributed by atoms with Crippen molar-refractivity contribution in [3.63, 3.8) is 0 Å². The number of nitrogens with one attached hydrogen (secondary N) is 1. The number of aromatic hydroxyl groups is 1. The molecule has 1 aromatic heterocycles. The first kappa shape index (κ1) is 22.3. The first-order valence-electron chi connectivity index (χ1n) is 14.4. The number of aromatic amines is 1. The Morgan fingerprint density at radius 3 is 2.44 bits per heavy atom. The van der Waals surface area contributed by atoms with Crippen molar-refractivity contribution in [2.45, 2.75) is 55.3 Å². The van der Waals surface area contributed by atoms with E-state index >= 15 is 0 Å². The Bertz CT molecular complexity index is 1630. The van der Waals surface area contributed by atoms with Crippen LogP contribution in [0.4, 0.5) is 0 Å². The van der Waals surface area contributed by atoms with Crippen molar-refractivity contribution in [2.24, 2.45) is 5.92 Å². The molecular weight excluding hydrogens is 484 g/mol. The third kappa shape index (κ3) is 2.77. The van der Waals surface area contributed by atoms with E-state index in [-0.39, 0.29) is 17.9 Å². The van der Waals surface area contributed by atoms with Gasteiger partial charge >= 0.3 is 0 Å². The third-order valence-corrected chi connectivity index (χ3v) is 10.5. The van der Waals surface area contributed by atoms with Crippen molar-refractivity contribution in [1.82, 2.24) is 9.88 Å². The molecule has 196 valence electrons. The molecule has 0 unspecified atom stereocenters. The smallest absolute Gasteiger partial charge is 0.166 e. The van der Waals surface area contributed by atoms with Gasteiger partial charge in [0.15, 0.2) is 17.6 Å². The van der Waals surface area contributed by atoms with Crippen LogP contribution in [-0.4, -0.2) is 44.8 Å². The van der Waals surface area contributed by atoms with Gasteiger partial charge in [0, 0.05) is 30.1 Å². The van der Waals surface area contributed by atoms with Gasteiger partial charge in [0.05, 0.1) is 22.4 Å². The summed E-state index contributed by atoms with van der Waals surface area (Å²) in [6.07, 6.45) is 4.40. The van der Waals surface area contributed by atoms with Crippen LogP contribution in [0, 0.1) is 5.92 Å². The van der Waals surface area contributed by atoms with E-state index in [1.165, 1.54) is 18.4 Å². The quantitative estimate of drug-likeness (QED) is 0.323. The van der Waals surface area contributed by atoms with Crippen LogP contribution in [0.15, 0.2) is 72.8 Å². The van der Waals surface area contributed by atoms with Crippen molar-refractivity contribution in [2.75, 3.05) is 13.1 Å². The van der Waals surface area contributed by atoms with Gasteiger partial charge < -0.3 is 19.9 Å². The number of phenolic OH excluding ortho intramolecular Hbond substituents is 1. The molecule has 3 N–H and O–H groups in total. The first-order chi connectivity index (χ1) is 19.1. The molecule has 0 amide bonds. The monoisotopic (exact) mass is 516 g/mol. The van der Waals surface area contributed by atoms with E-state index in [9.17, 15) is 10.2 Å². The van der Waals surface area contributed by atoms with Gasteiger partial charge in [-0.25, -0.2) is 0 Å². The van der Waals surface area contributed by atoms with Gasteiger partial charge in [-0.1, -0.05) is 66.7 Å². The molecule has 4 aromatic rings. The average Bonchev–Trinajstić information content (AvgIpc) is 3.59. The van der Waals surface area contributed by atoms with Crippen LogP contribution in [0.1, 0.15) is 47.8 Å². The lowest BCUT2D eigenvalue weighted by Gasteiger charge is -2.62. The van der Waals surface area contributed by atoms with E-state index in [0.717, 1.165) is 71.1 Å². The number of H-pyrrole nitrogens is 1. The molecular formula is C34H32N2O3. The second-order valence-corrected chi connectivity index (χ2v) is 12.4. The number of aromatic nitrogens is 1. The molecule has 9 rings (SSSR count). The van der Waals surface area contributed by atoms with Crippen molar-refractivity contribution in [3.8, 4) is 33.9 Å². The summed E-state index contributed by atoms with van der Waals surface area (Å²) in [4.78, 5) is 6.43. The largest absolute Gasteiger partial charge is 0.504 e. The fraction of sp³-hybridized carbons (Fsp3) is 0.353. The van der Waals surface area contributed by atoms with Crippen LogP contribution in [0.3, 0.4) is 0 Å². The fourth-order valence-electron chi connectivity index (χ4n) is 8.65. The van der Waals surface area contributed by atoms with E-state index < -0.39 is 11.0 Å². The molecule has 2 aliphatic heterocycles. The molecule has 0 radical (unpaired) electrons. The highest BCUT2D eigenvalue weighted by atomic mass is 16.5. The lowest BCUT2D eigenvalue weighted by atomic mass is 9.49. The number of hydrogen-bond donors (Lipinski definition) is 3. The molecule has 3 aromatic carbocycles. The zero-order valence-corrected chi connectivity index (χ0v) is 21.9. The van der Waals surface area contributed by atoms with Gasteiger partial charge in [0.25, 0.3) is 0 Å². The molecule has 1 saturated carbocycles. The number of aliphatic hydroxyl groups is 1. The molecule has 2 fully saturated rings.